The summed E-state index contributed by atoms with van der Waals surface area (Å²) in [5, 5.41) is 11.2. The van der Waals surface area contributed by atoms with Crippen LogP contribution in [0.3, 0.4) is 0 Å². The lowest BCUT2D eigenvalue weighted by Gasteiger charge is -2.24. The van der Waals surface area contributed by atoms with E-state index in [1.807, 2.05) is 6.07 Å². The van der Waals surface area contributed by atoms with E-state index in [4.69, 9.17) is 9.84 Å². The van der Waals surface area contributed by atoms with E-state index in [0.29, 0.717) is 23.0 Å². The fourth-order valence-corrected chi connectivity index (χ4v) is 4.63. The van der Waals surface area contributed by atoms with Gasteiger partial charge in [-0.15, -0.1) is 0 Å². The molecule has 0 unspecified atom stereocenters. The molecular weight excluding hydrogens is 402 g/mol. The Morgan fingerprint density at radius 3 is 2.71 bits per heavy atom. The van der Waals surface area contributed by atoms with Gasteiger partial charge in [-0.1, -0.05) is 12.8 Å². The summed E-state index contributed by atoms with van der Waals surface area (Å²) in [5.74, 6) is -0.411. The van der Waals surface area contributed by atoms with Crippen molar-refractivity contribution in [3.8, 4) is 17.1 Å². The highest BCUT2D eigenvalue weighted by atomic mass is 19.1. The zero-order chi connectivity index (χ0) is 21.4. The van der Waals surface area contributed by atoms with Gasteiger partial charge in [0, 0.05) is 30.6 Å². The monoisotopic (exact) mass is 428 g/mol. The Morgan fingerprint density at radius 2 is 1.97 bits per heavy atom. The average molecular weight is 428 g/mol. The number of nitrogens with one attached hydrogen (secondary N) is 2. The molecular formula is C22H26F2N6O. The molecule has 0 aromatic carbocycles. The summed E-state index contributed by atoms with van der Waals surface area (Å²) in [6.45, 7) is 1.67. The zero-order valence-electron chi connectivity index (χ0n) is 17.5. The molecule has 0 bridgehead atoms. The second-order valence-corrected chi connectivity index (χ2v) is 8.33. The maximum absolute atomic E-state index is 14.8. The van der Waals surface area contributed by atoms with Crippen LogP contribution in [0.5, 0.6) is 5.75 Å². The molecule has 0 amide bonds. The summed E-state index contributed by atoms with van der Waals surface area (Å²) >= 11 is 0. The van der Waals surface area contributed by atoms with Gasteiger partial charge in [-0.2, -0.15) is 5.10 Å². The highest BCUT2D eigenvalue weighted by molar-refractivity contribution is 5.63. The zero-order valence-corrected chi connectivity index (χ0v) is 17.5. The first kappa shape index (κ1) is 20.1. The molecule has 31 heavy (non-hydrogen) atoms. The molecule has 0 spiro atoms. The van der Waals surface area contributed by atoms with Gasteiger partial charge in [-0.25, -0.2) is 23.3 Å². The molecule has 1 atom stereocenters. The van der Waals surface area contributed by atoms with Crippen LogP contribution in [0.1, 0.15) is 50.1 Å². The molecule has 3 aromatic rings. The van der Waals surface area contributed by atoms with E-state index in [0.717, 1.165) is 63.4 Å². The molecule has 2 N–H and O–H groups in total. The number of halogens is 2. The molecule has 1 saturated carbocycles. The quantitative estimate of drug-likeness (QED) is 0.642. The van der Waals surface area contributed by atoms with Gasteiger partial charge >= 0.3 is 0 Å². The lowest BCUT2D eigenvalue weighted by molar-refractivity contribution is 0.399. The van der Waals surface area contributed by atoms with Gasteiger partial charge in [0.25, 0.3) is 0 Å². The van der Waals surface area contributed by atoms with Crippen LogP contribution >= 0.6 is 0 Å². The van der Waals surface area contributed by atoms with Crippen LogP contribution in [0.2, 0.25) is 0 Å². The molecule has 5 rings (SSSR count). The van der Waals surface area contributed by atoms with Crippen molar-refractivity contribution in [2.24, 2.45) is 0 Å². The van der Waals surface area contributed by atoms with Crippen molar-refractivity contribution in [1.29, 1.82) is 0 Å². The van der Waals surface area contributed by atoms with Gasteiger partial charge in [-0.05, 0) is 32.2 Å². The third-order valence-electron chi connectivity index (χ3n) is 6.26. The molecule has 1 aliphatic carbocycles. The molecule has 0 radical (unpaired) electrons. The first-order chi connectivity index (χ1) is 15.1. The van der Waals surface area contributed by atoms with Crippen LogP contribution in [0.4, 0.5) is 14.6 Å². The standard InChI is InChI=1S/C22H26F2N6O/c1-31-18-10-19-26-12-17(30(19)29-20(18)13-5-2-3-6-13)21-15(23)9-16(24)22(28-21)27-14-7-4-8-25-11-14/h9-10,12-14,25H,2-8,11H2,1H3,(H,27,28)/t14-/m1/s1. The van der Waals surface area contributed by atoms with Crippen LogP contribution in [0.15, 0.2) is 18.3 Å². The number of anilines is 1. The molecule has 7 nitrogen and oxygen atoms in total. The molecule has 2 fully saturated rings. The number of fused-ring (bicyclic) bond motifs is 1. The summed E-state index contributed by atoms with van der Waals surface area (Å²) in [5.41, 5.74) is 1.79. The molecule has 9 heteroatoms. The van der Waals surface area contributed by atoms with Crippen molar-refractivity contribution in [3.05, 3.63) is 35.7 Å². The molecule has 2 aliphatic rings. The lowest BCUT2D eigenvalue weighted by Crippen LogP contribution is -2.38. The Balaban J connectivity index is 1.56. The van der Waals surface area contributed by atoms with E-state index in [1.54, 1.807) is 11.6 Å². The molecule has 164 valence electrons. The summed E-state index contributed by atoms with van der Waals surface area (Å²) < 4.78 is 36.4. The number of hydrogen-bond donors (Lipinski definition) is 2. The molecule has 1 saturated heterocycles. The van der Waals surface area contributed by atoms with Crippen LogP contribution in [-0.2, 0) is 0 Å². The largest absolute Gasteiger partial charge is 0.495 e. The van der Waals surface area contributed by atoms with E-state index in [-0.39, 0.29) is 17.6 Å². The van der Waals surface area contributed by atoms with Crippen LogP contribution in [0, 0.1) is 11.6 Å². The topological polar surface area (TPSA) is 76.4 Å². The number of hydrogen-bond acceptors (Lipinski definition) is 6. The fraction of sp³-hybridized carbons (Fsp3) is 0.500. The Kier molecular flexibility index (Phi) is 5.43. The second-order valence-electron chi connectivity index (χ2n) is 8.33. The average Bonchev–Trinajstić information content (AvgIpc) is 3.45. The van der Waals surface area contributed by atoms with Gasteiger partial charge in [0.1, 0.15) is 22.8 Å². The minimum absolute atomic E-state index is 0.0233. The predicted molar refractivity (Wildman–Crippen MR) is 113 cm³/mol. The van der Waals surface area contributed by atoms with Crippen molar-refractivity contribution < 1.29 is 13.5 Å². The summed E-state index contributed by atoms with van der Waals surface area (Å²) in [4.78, 5) is 8.68. The van der Waals surface area contributed by atoms with E-state index >= 15 is 0 Å². The molecule has 1 aliphatic heterocycles. The Hall–Kier alpha value is -2.81. The third kappa shape index (κ3) is 3.82. The van der Waals surface area contributed by atoms with Crippen molar-refractivity contribution in [1.82, 2.24) is 24.9 Å². The third-order valence-corrected chi connectivity index (χ3v) is 6.26. The van der Waals surface area contributed by atoms with Gasteiger partial charge < -0.3 is 15.4 Å². The summed E-state index contributed by atoms with van der Waals surface area (Å²) in [6, 6.07) is 2.74. The number of aromatic nitrogens is 4. The first-order valence-electron chi connectivity index (χ1n) is 10.9. The minimum atomic E-state index is -0.744. The predicted octanol–water partition coefficient (Wildman–Crippen LogP) is 3.90. The van der Waals surface area contributed by atoms with E-state index in [1.165, 1.54) is 6.20 Å². The van der Waals surface area contributed by atoms with Crippen LogP contribution < -0.4 is 15.4 Å². The molecule has 4 heterocycles. The fourth-order valence-electron chi connectivity index (χ4n) is 4.63. The smallest absolute Gasteiger partial charge is 0.168 e. The maximum atomic E-state index is 14.8. The van der Waals surface area contributed by atoms with Crippen LogP contribution in [-0.4, -0.2) is 45.8 Å². The van der Waals surface area contributed by atoms with Gasteiger partial charge in [0.05, 0.1) is 13.3 Å². The van der Waals surface area contributed by atoms with E-state index in [2.05, 4.69) is 20.6 Å². The minimum Gasteiger partial charge on any atom is -0.495 e. The summed E-state index contributed by atoms with van der Waals surface area (Å²) in [6.07, 6.45) is 7.83. The summed E-state index contributed by atoms with van der Waals surface area (Å²) in [7, 11) is 1.62. The number of piperidine rings is 1. The number of rotatable bonds is 5. The SMILES string of the molecule is COc1cc2ncc(-c3nc(N[C@@H]4CCCNC4)c(F)cc3F)n2nc1C1CCCC1. The highest BCUT2D eigenvalue weighted by Crippen LogP contribution is 2.38. The normalized spacial score (nSPS) is 19.8. The number of methoxy groups -OCH3 is 1. The number of imidazole rings is 1. The number of pyridine rings is 1. The Bertz CT molecular complexity index is 1090. The second kappa shape index (κ2) is 8.37. The Labute approximate surface area is 179 Å². The van der Waals surface area contributed by atoms with E-state index in [9.17, 15) is 8.78 Å². The van der Waals surface area contributed by atoms with Crippen molar-refractivity contribution in [3.63, 3.8) is 0 Å². The maximum Gasteiger partial charge on any atom is 0.168 e. The first-order valence-corrected chi connectivity index (χ1v) is 10.9. The van der Waals surface area contributed by atoms with Gasteiger partial charge in [0.2, 0.25) is 0 Å². The highest BCUT2D eigenvalue weighted by Gasteiger charge is 2.25. The van der Waals surface area contributed by atoms with Crippen molar-refractivity contribution >= 4 is 11.5 Å². The molecule has 3 aromatic heterocycles. The van der Waals surface area contributed by atoms with E-state index < -0.39 is 11.6 Å². The van der Waals surface area contributed by atoms with Crippen molar-refractivity contribution in [2.45, 2.75) is 50.5 Å². The van der Waals surface area contributed by atoms with Gasteiger partial charge in [-0.3, -0.25) is 0 Å². The van der Waals surface area contributed by atoms with Gasteiger partial charge in [0.15, 0.2) is 23.1 Å². The lowest BCUT2D eigenvalue weighted by atomic mass is 10.0. The number of nitrogens with zero attached hydrogens (tertiary/aromatic N) is 4. The number of ether oxygens (including phenoxy) is 1. The van der Waals surface area contributed by atoms with Crippen LogP contribution in [0.25, 0.3) is 17.0 Å². The Morgan fingerprint density at radius 1 is 1.13 bits per heavy atom. The van der Waals surface area contributed by atoms with Crippen molar-refractivity contribution in [2.75, 3.05) is 25.5 Å².